The smallest absolute Gasteiger partial charge is 0.0991 e. The van der Waals surface area contributed by atoms with Crippen LogP contribution in [0.4, 0.5) is 5.69 Å². The van der Waals surface area contributed by atoms with Crippen LogP contribution >= 0.6 is 11.6 Å². The normalized spacial score (nSPS) is 8.82. The summed E-state index contributed by atoms with van der Waals surface area (Å²) < 4.78 is 0. The van der Waals surface area contributed by atoms with E-state index in [1.54, 1.807) is 12.1 Å². The summed E-state index contributed by atoms with van der Waals surface area (Å²) >= 11 is 5.38. The number of unbranched alkanes of at least 4 members (excludes halogenated alkanes) is 2. The first-order chi connectivity index (χ1) is 8.28. The van der Waals surface area contributed by atoms with Crippen molar-refractivity contribution >= 4 is 17.3 Å². The number of nitrogens with one attached hydrogen (secondary N) is 1. The van der Waals surface area contributed by atoms with E-state index in [-0.39, 0.29) is 0 Å². The molecule has 1 aromatic rings. The summed E-state index contributed by atoms with van der Waals surface area (Å²) in [6.07, 6.45) is 3.73. The number of nitrogens with zero attached hydrogens (tertiary/aromatic N) is 1. The molecule has 0 saturated carbocycles. The van der Waals surface area contributed by atoms with E-state index in [4.69, 9.17) is 16.9 Å². The van der Waals surface area contributed by atoms with Gasteiger partial charge in [0.1, 0.15) is 0 Å². The van der Waals surface area contributed by atoms with E-state index in [9.17, 15) is 0 Å². The second kappa shape index (κ2) is 11.3. The fourth-order valence-corrected chi connectivity index (χ4v) is 1.40. The number of hydrogen-bond acceptors (Lipinski definition) is 2. The van der Waals surface area contributed by atoms with Gasteiger partial charge in [-0.25, -0.2) is 0 Å². The first-order valence-electron chi connectivity index (χ1n) is 6.08. The zero-order valence-corrected chi connectivity index (χ0v) is 11.4. The fourth-order valence-electron chi connectivity index (χ4n) is 1.21. The lowest BCUT2D eigenvalue weighted by atomic mass is 10.2. The van der Waals surface area contributed by atoms with Gasteiger partial charge in [0, 0.05) is 18.1 Å². The summed E-state index contributed by atoms with van der Waals surface area (Å²) in [4.78, 5) is 0. The van der Waals surface area contributed by atoms with Gasteiger partial charge in [0.05, 0.1) is 11.6 Å². The van der Waals surface area contributed by atoms with E-state index < -0.39 is 0 Å². The average molecular weight is 253 g/mol. The molecule has 0 aliphatic heterocycles. The Morgan fingerprint density at radius 2 is 1.82 bits per heavy atom. The number of anilines is 1. The van der Waals surface area contributed by atoms with Crippen molar-refractivity contribution in [2.75, 3.05) is 17.7 Å². The summed E-state index contributed by atoms with van der Waals surface area (Å²) in [6.45, 7) is 5.12. The molecule has 0 fully saturated rings. The third kappa shape index (κ3) is 8.59. The molecule has 0 aliphatic carbocycles. The quantitative estimate of drug-likeness (QED) is 0.623. The highest BCUT2D eigenvalue weighted by atomic mass is 35.5. The average Bonchev–Trinajstić information content (AvgIpc) is 2.38. The van der Waals surface area contributed by atoms with Crippen molar-refractivity contribution in [2.24, 2.45) is 0 Å². The predicted octanol–water partition coefficient (Wildman–Crippen LogP) is 4.41. The van der Waals surface area contributed by atoms with Crippen molar-refractivity contribution in [2.45, 2.75) is 33.1 Å². The van der Waals surface area contributed by atoms with Crippen LogP contribution in [0.3, 0.4) is 0 Å². The Bertz CT molecular complexity index is 310. The van der Waals surface area contributed by atoms with Gasteiger partial charge >= 0.3 is 0 Å². The molecule has 3 heteroatoms. The van der Waals surface area contributed by atoms with Gasteiger partial charge in [-0.1, -0.05) is 19.8 Å². The minimum absolute atomic E-state index is 0.701. The molecular formula is C14H21ClN2. The molecular weight excluding hydrogens is 232 g/mol. The van der Waals surface area contributed by atoms with Crippen LogP contribution in [0.2, 0.25) is 0 Å². The molecule has 0 radical (unpaired) electrons. The maximum absolute atomic E-state index is 8.49. The first kappa shape index (κ1) is 15.8. The Labute approximate surface area is 110 Å². The molecule has 0 bridgehead atoms. The van der Waals surface area contributed by atoms with E-state index >= 15 is 0 Å². The van der Waals surface area contributed by atoms with Crippen molar-refractivity contribution in [3.8, 4) is 6.07 Å². The highest BCUT2D eigenvalue weighted by molar-refractivity contribution is 6.17. The fraction of sp³-hybridized carbons (Fsp3) is 0.500. The highest BCUT2D eigenvalue weighted by Crippen LogP contribution is 2.07. The molecule has 0 spiro atoms. The maximum Gasteiger partial charge on any atom is 0.0991 e. The maximum atomic E-state index is 8.49. The van der Waals surface area contributed by atoms with Crippen molar-refractivity contribution in [3.63, 3.8) is 0 Å². The van der Waals surface area contributed by atoms with Gasteiger partial charge in [-0.2, -0.15) is 5.26 Å². The zero-order valence-electron chi connectivity index (χ0n) is 10.7. The van der Waals surface area contributed by atoms with Crippen LogP contribution in [0.5, 0.6) is 0 Å². The Morgan fingerprint density at radius 3 is 2.18 bits per heavy atom. The summed E-state index contributed by atoms with van der Waals surface area (Å²) in [5.74, 6) is 0.827. The van der Waals surface area contributed by atoms with Gasteiger partial charge in [-0.3, -0.25) is 0 Å². The molecule has 0 saturated heterocycles. The third-order valence-corrected chi connectivity index (χ3v) is 2.40. The Balaban J connectivity index is 0.000000366. The topological polar surface area (TPSA) is 35.8 Å². The molecule has 1 N–H and O–H groups in total. The molecule has 94 valence electrons. The zero-order chi connectivity index (χ0) is 12.9. The van der Waals surface area contributed by atoms with Gasteiger partial charge in [0.15, 0.2) is 0 Å². The monoisotopic (exact) mass is 252 g/mol. The van der Waals surface area contributed by atoms with Crippen LogP contribution in [0.1, 0.15) is 38.7 Å². The second-order valence-electron chi connectivity index (χ2n) is 3.62. The van der Waals surface area contributed by atoms with E-state index in [1.807, 2.05) is 19.1 Å². The van der Waals surface area contributed by atoms with Gasteiger partial charge in [0.25, 0.3) is 0 Å². The summed E-state index contributed by atoms with van der Waals surface area (Å²) in [5.41, 5.74) is 1.76. The highest BCUT2D eigenvalue weighted by Gasteiger charge is 1.89. The first-order valence-corrected chi connectivity index (χ1v) is 6.61. The van der Waals surface area contributed by atoms with Crippen LogP contribution in [0.15, 0.2) is 24.3 Å². The van der Waals surface area contributed by atoms with E-state index in [0.29, 0.717) is 5.56 Å². The van der Waals surface area contributed by atoms with Crippen LogP contribution in [0, 0.1) is 11.3 Å². The number of hydrogen-bond donors (Lipinski definition) is 1. The van der Waals surface area contributed by atoms with Crippen molar-refractivity contribution in [1.82, 2.24) is 0 Å². The van der Waals surface area contributed by atoms with Crippen LogP contribution in [-0.4, -0.2) is 12.4 Å². The molecule has 1 aromatic carbocycles. The molecule has 0 unspecified atom stereocenters. The lowest BCUT2D eigenvalue weighted by Crippen LogP contribution is -1.95. The number of rotatable bonds is 5. The van der Waals surface area contributed by atoms with E-state index in [0.717, 1.165) is 18.1 Å². The summed E-state index contributed by atoms with van der Waals surface area (Å²) in [6, 6.07) is 9.49. The lowest BCUT2D eigenvalue weighted by Gasteiger charge is -2.00. The largest absolute Gasteiger partial charge is 0.385 e. The van der Waals surface area contributed by atoms with E-state index in [1.165, 1.54) is 19.3 Å². The standard InChI is InChI=1S/C9H10N2.C5H11Cl/c1-2-11-9-5-3-8(7-10)4-6-9;1-2-3-4-5-6/h3-6,11H,2H2,1H3;2-5H2,1H3. The second-order valence-corrected chi connectivity index (χ2v) is 3.99. The van der Waals surface area contributed by atoms with Gasteiger partial charge in [0.2, 0.25) is 0 Å². The summed E-state index contributed by atoms with van der Waals surface area (Å²) in [7, 11) is 0. The number of benzene rings is 1. The molecule has 0 aromatic heterocycles. The van der Waals surface area contributed by atoms with Gasteiger partial charge in [-0.05, 0) is 37.6 Å². The molecule has 0 aliphatic rings. The number of halogens is 1. The molecule has 0 amide bonds. The molecule has 1 rings (SSSR count). The van der Waals surface area contributed by atoms with Crippen molar-refractivity contribution in [3.05, 3.63) is 29.8 Å². The van der Waals surface area contributed by atoms with Gasteiger partial charge < -0.3 is 5.32 Å². The third-order valence-electron chi connectivity index (χ3n) is 2.13. The van der Waals surface area contributed by atoms with Crippen molar-refractivity contribution in [1.29, 1.82) is 5.26 Å². The molecule has 0 atom stereocenters. The predicted molar refractivity (Wildman–Crippen MR) is 75.6 cm³/mol. The van der Waals surface area contributed by atoms with E-state index in [2.05, 4.69) is 18.3 Å². The van der Waals surface area contributed by atoms with Crippen LogP contribution < -0.4 is 5.32 Å². The van der Waals surface area contributed by atoms with Gasteiger partial charge in [-0.15, -0.1) is 11.6 Å². The summed E-state index contributed by atoms with van der Waals surface area (Å²) in [5, 5.41) is 11.6. The molecule has 0 heterocycles. The number of nitriles is 1. The Kier molecular flexibility index (Phi) is 10.5. The number of alkyl halides is 1. The van der Waals surface area contributed by atoms with Crippen LogP contribution in [-0.2, 0) is 0 Å². The molecule has 2 nitrogen and oxygen atoms in total. The van der Waals surface area contributed by atoms with Crippen LogP contribution in [0.25, 0.3) is 0 Å². The Morgan fingerprint density at radius 1 is 1.18 bits per heavy atom. The molecule has 17 heavy (non-hydrogen) atoms. The van der Waals surface area contributed by atoms with Crippen molar-refractivity contribution < 1.29 is 0 Å². The lowest BCUT2D eigenvalue weighted by molar-refractivity contribution is 0.776. The minimum atomic E-state index is 0.701. The SMILES string of the molecule is CCCCCCl.CCNc1ccc(C#N)cc1. The minimum Gasteiger partial charge on any atom is -0.385 e. The Hall–Kier alpha value is -1.20.